The van der Waals surface area contributed by atoms with Gasteiger partial charge in [-0.25, -0.2) is 8.42 Å². The smallest absolute Gasteiger partial charge is 0.207 e. The van der Waals surface area contributed by atoms with Gasteiger partial charge in [0.05, 0.1) is 14.9 Å². The number of nitrogens with zero attached hydrogens (tertiary/aromatic N) is 1. The number of hydrogen-bond acceptors (Lipinski definition) is 2. The van der Waals surface area contributed by atoms with E-state index >= 15 is 0 Å². The molecule has 0 bridgehead atoms. The van der Waals surface area contributed by atoms with E-state index in [-0.39, 0.29) is 9.92 Å². The maximum absolute atomic E-state index is 12.6. The van der Waals surface area contributed by atoms with Crippen molar-refractivity contribution in [1.29, 1.82) is 0 Å². The summed E-state index contributed by atoms with van der Waals surface area (Å²) in [5.74, 6) is 0.380. The van der Waals surface area contributed by atoms with E-state index in [0.29, 0.717) is 28.5 Å². The van der Waals surface area contributed by atoms with Gasteiger partial charge < -0.3 is 0 Å². The fourth-order valence-electron chi connectivity index (χ4n) is 2.21. The van der Waals surface area contributed by atoms with E-state index in [1.807, 2.05) is 0 Å². The molecule has 3 nitrogen and oxygen atoms in total. The maximum Gasteiger partial charge on any atom is 0.244 e. The normalized spacial score (nSPS) is 21.6. The van der Waals surface area contributed by atoms with Crippen LogP contribution in [0.3, 0.4) is 0 Å². The predicted octanol–water partition coefficient (Wildman–Crippen LogP) is 4.18. The van der Waals surface area contributed by atoms with E-state index in [1.165, 1.54) is 16.4 Å². The maximum atomic E-state index is 12.6. The highest BCUT2D eigenvalue weighted by molar-refractivity contribution is 9.10. The number of halogens is 3. The summed E-state index contributed by atoms with van der Waals surface area (Å²) in [6.07, 6.45) is 1.95. The lowest BCUT2D eigenvalue weighted by molar-refractivity contribution is 0.281. The number of rotatable bonds is 2. The Morgan fingerprint density at radius 3 is 2.58 bits per heavy atom. The summed E-state index contributed by atoms with van der Waals surface area (Å²) in [6, 6.07) is 2.92. The van der Waals surface area contributed by atoms with E-state index in [4.69, 9.17) is 23.2 Å². The summed E-state index contributed by atoms with van der Waals surface area (Å²) in [5.41, 5.74) is 0. The molecule has 0 amide bonds. The summed E-state index contributed by atoms with van der Waals surface area (Å²) in [7, 11) is -3.52. The van der Waals surface area contributed by atoms with E-state index in [2.05, 4.69) is 22.9 Å². The summed E-state index contributed by atoms with van der Waals surface area (Å²) in [4.78, 5) is 0.177. The van der Waals surface area contributed by atoms with Crippen molar-refractivity contribution in [3.05, 3.63) is 26.7 Å². The SMILES string of the molecule is C[C@@H]1CCCN(S(=O)(=O)c2cc(Cl)c(Cl)cc2Br)C1. The Balaban J connectivity index is 2.42. The molecule has 1 saturated heterocycles. The lowest BCUT2D eigenvalue weighted by Crippen LogP contribution is -2.39. The molecule has 0 aromatic heterocycles. The monoisotopic (exact) mass is 385 g/mol. The van der Waals surface area contributed by atoms with Crippen molar-refractivity contribution in [3.63, 3.8) is 0 Å². The molecule has 1 aromatic carbocycles. The third kappa shape index (κ3) is 3.27. The molecular weight excluding hydrogens is 373 g/mol. The standard InChI is InChI=1S/C12H14BrCl2NO2S/c1-8-3-2-4-16(7-8)19(17,18)12-6-11(15)10(14)5-9(12)13/h5-6,8H,2-4,7H2,1H3/t8-/m1/s1. The van der Waals surface area contributed by atoms with E-state index in [9.17, 15) is 8.42 Å². The van der Waals surface area contributed by atoms with Crippen LogP contribution in [0.5, 0.6) is 0 Å². The van der Waals surface area contributed by atoms with Gasteiger partial charge in [-0.05, 0) is 46.8 Å². The van der Waals surface area contributed by atoms with Crippen molar-refractivity contribution in [2.75, 3.05) is 13.1 Å². The van der Waals surface area contributed by atoms with Crippen LogP contribution in [0, 0.1) is 5.92 Å². The van der Waals surface area contributed by atoms with Crippen molar-refractivity contribution in [3.8, 4) is 0 Å². The first-order valence-corrected chi connectivity index (χ1v) is 8.96. The van der Waals surface area contributed by atoms with Crippen molar-refractivity contribution in [1.82, 2.24) is 4.31 Å². The van der Waals surface area contributed by atoms with Crippen LogP contribution in [0.2, 0.25) is 10.0 Å². The van der Waals surface area contributed by atoms with Crippen LogP contribution >= 0.6 is 39.1 Å². The topological polar surface area (TPSA) is 37.4 Å². The zero-order chi connectivity index (χ0) is 14.2. The van der Waals surface area contributed by atoms with Crippen LogP contribution in [0.15, 0.2) is 21.5 Å². The minimum absolute atomic E-state index is 0.177. The first-order chi connectivity index (χ1) is 8.82. The number of sulfonamides is 1. The average molecular weight is 387 g/mol. The highest BCUT2D eigenvalue weighted by Crippen LogP contribution is 2.34. The molecule has 19 heavy (non-hydrogen) atoms. The number of benzene rings is 1. The molecule has 1 fully saturated rings. The van der Waals surface area contributed by atoms with E-state index < -0.39 is 10.0 Å². The zero-order valence-corrected chi connectivity index (χ0v) is 14.3. The van der Waals surface area contributed by atoms with Gasteiger partial charge >= 0.3 is 0 Å². The molecule has 1 atom stereocenters. The largest absolute Gasteiger partial charge is 0.244 e. The van der Waals surface area contributed by atoms with Crippen LogP contribution in [0.1, 0.15) is 19.8 Å². The molecule has 0 saturated carbocycles. The molecule has 0 N–H and O–H groups in total. The third-order valence-corrected chi connectivity index (χ3v) is 6.76. The van der Waals surface area contributed by atoms with Crippen molar-refractivity contribution >= 4 is 49.2 Å². The molecule has 0 aliphatic carbocycles. The number of hydrogen-bond donors (Lipinski definition) is 0. The van der Waals surface area contributed by atoms with Gasteiger partial charge in [0, 0.05) is 17.6 Å². The second-order valence-corrected chi connectivity index (χ2v) is 8.38. The fraction of sp³-hybridized carbons (Fsp3) is 0.500. The minimum atomic E-state index is -3.52. The van der Waals surface area contributed by atoms with Crippen LogP contribution in [0.4, 0.5) is 0 Å². The van der Waals surface area contributed by atoms with Crippen molar-refractivity contribution < 1.29 is 8.42 Å². The minimum Gasteiger partial charge on any atom is -0.207 e. The summed E-state index contributed by atoms with van der Waals surface area (Å²) < 4.78 is 27.2. The molecule has 2 rings (SSSR count). The molecule has 7 heteroatoms. The summed E-state index contributed by atoms with van der Waals surface area (Å²) in [5, 5.41) is 0.577. The number of piperidine rings is 1. The van der Waals surface area contributed by atoms with E-state index in [0.717, 1.165) is 12.8 Å². The average Bonchev–Trinajstić information content (AvgIpc) is 2.33. The first-order valence-electron chi connectivity index (χ1n) is 5.97. The molecule has 0 unspecified atom stereocenters. The van der Waals surface area contributed by atoms with Gasteiger partial charge in [0.15, 0.2) is 0 Å². The molecule has 0 spiro atoms. The second-order valence-electron chi connectivity index (χ2n) is 4.81. The summed E-state index contributed by atoms with van der Waals surface area (Å²) in [6.45, 7) is 3.17. The highest BCUT2D eigenvalue weighted by Gasteiger charge is 2.30. The Bertz CT molecular complexity index is 592. The van der Waals surface area contributed by atoms with Gasteiger partial charge in [-0.3, -0.25) is 0 Å². The third-order valence-electron chi connectivity index (χ3n) is 3.21. The molecule has 1 aliphatic rings. The van der Waals surface area contributed by atoms with Gasteiger partial charge in [-0.2, -0.15) is 4.31 Å². The Morgan fingerprint density at radius 1 is 1.32 bits per heavy atom. The Kier molecular flexibility index (Phi) is 4.83. The fourth-order valence-corrected chi connectivity index (χ4v) is 5.36. The van der Waals surface area contributed by atoms with Gasteiger partial charge in [-0.1, -0.05) is 30.1 Å². The van der Waals surface area contributed by atoms with Gasteiger partial charge in [0.25, 0.3) is 0 Å². The van der Waals surface area contributed by atoms with Gasteiger partial charge in [0.2, 0.25) is 10.0 Å². The predicted molar refractivity (Wildman–Crippen MR) is 81.3 cm³/mol. The van der Waals surface area contributed by atoms with E-state index in [1.54, 1.807) is 0 Å². The molecule has 1 aliphatic heterocycles. The van der Waals surface area contributed by atoms with Crippen LogP contribution in [0.25, 0.3) is 0 Å². The zero-order valence-electron chi connectivity index (χ0n) is 10.4. The first kappa shape index (κ1) is 15.6. The van der Waals surface area contributed by atoms with Gasteiger partial charge in [0.1, 0.15) is 0 Å². The van der Waals surface area contributed by atoms with Crippen LogP contribution in [-0.4, -0.2) is 25.8 Å². The lowest BCUT2D eigenvalue weighted by atomic mass is 10.0. The molecule has 1 heterocycles. The highest BCUT2D eigenvalue weighted by atomic mass is 79.9. The second kappa shape index (κ2) is 5.90. The Hall–Kier alpha value is 0.190. The Morgan fingerprint density at radius 2 is 1.95 bits per heavy atom. The van der Waals surface area contributed by atoms with Crippen LogP contribution in [-0.2, 0) is 10.0 Å². The van der Waals surface area contributed by atoms with Crippen molar-refractivity contribution in [2.45, 2.75) is 24.7 Å². The Labute approximate surface area is 132 Å². The molecule has 0 radical (unpaired) electrons. The van der Waals surface area contributed by atoms with Crippen LogP contribution < -0.4 is 0 Å². The molecule has 106 valence electrons. The molecule has 1 aromatic rings. The molecular formula is C12H14BrCl2NO2S. The summed E-state index contributed by atoms with van der Waals surface area (Å²) >= 11 is 15.0. The lowest BCUT2D eigenvalue weighted by Gasteiger charge is -2.30. The quantitative estimate of drug-likeness (QED) is 0.715. The van der Waals surface area contributed by atoms with Gasteiger partial charge in [-0.15, -0.1) is 0 Å². The van der Waals surface area contributed by atoms with Crippen molar-refractivity contribution in [2.24, 2.45) is 5.92 Å².